The van der Waals surface area contributed by atoms with Gasteiger partial charge in [0, 0.05) is 22.2 Å². The quantitative estimate of drug-likeness (QED) is 0.430. The summed E-state index contributed by atoms with van der Waals surface area (Å²) in [6.45, 7) is 0.185. The van der Waals surface area contributed by atoms with Crippen molar-refractivity contribution in [2.24, 2.45) is 0 Å². The Morgan fingerprint density at radius 2 is 1.71 bits per heavy atom. The van der Waals surface area contributed by atoms with E-state index < -0.39 is 0 Å². The molecule has 0 aliphatic heterocycles. The second-order valence-electron chi connectivity index (χ2n) is 5.88. The molecule has 0 unspecified atom stereocenters. The molecule has 4 rings (SSSR count). The molecule has 0 spiro atoms. The molecule has 0 aliphatic carbocycles. The maximum Gasteiger partial charge on any atom is 0.225 e. The molecule has 142 valence electrons. The van der Waals surface area contributed by atoms with Crippen LogP contribution in [0.15, 0.2) is 57.8 Å². The summed E-state index contributed by atoms with van der Waals surface area (Å²) in [5, 5.41) is 4.82. The third kappa shape index (κ3) is 3.63. The maximum absolute atomic E-state index is 5.86. The van der Waals surface area contributed by atoms with E-state index in [4.69, 9.17) is 18.7 Å². The predicted molar refractivity (Wildman–Crippen MR) is 107 cm³/mol. The van der Waals surface area contributed by atoms with E-state index in [0.29, 0.717) is 34.0 Å². The molecule has 28 heavy (non-hydrogen) atoms. The number of nitrogens with zero attached hydrogens (tertiary/aromatic N) is 3. The minimum atomic E-state index is 0.185. The Labute approximate surface area is 169 Å². The van der Waals surface area contributed by atoms with E-state index in [1.54, 1.807) is 26.4 Å². The molecule has 0 saturated heterocycles. The van der Waals surface area contributed by atoms with Crippen molar-refractivity contribution in [1.29, 1.82) is 0 Å². The van der Waals surface area contributed by atoms with Gasteiger partial charge in [0.25, 0.3) is 0 Å². The Balaban J connectivity index is 1.57. The first-order chi connectivity index (χ1) is 13.7. The van der Waals surface area contributed by atoms with Crippen LogP contribution >= 0.6 is 15.9 Å². The summed E-state index contributed by atoms with van der Waals surface area (Å²) in [6, 6.07) is 13.2. The van der Waals surface area contributed by atoms with Gasteiger partial charge < -0.3 is 18.7 Å². The predicted octanol–water partition coefficient (Wildman–Crippen LogP) is 4.64. The van der Waals surface area contributed by atoms with Crippen LogP contribution in [0.1, 0.15) is 5.76 Å². The van der Waals surface area contributed by atoms with Crippen LogP contribution in [0.2, 0.25) is 0 Å². The standard InChI is InChI=1S/C20H16BrN3O4/c1-25-18-8-15-17(9-19(18)26-2)22-11-23-20(15)27-10-14-7-16(24-28-14)12-3-5-13(21)6-4-12/h3-9,11H,10H2,1-2H3. The molecule has 4 aromatic rings. The van der Waals surface area contributed by atoms with Gasteiger partial charge in [-0.05, 0) is 18.2 Å². The minimum Gasteiger partial charge on any atom is -0.493 e. The zero-order chi connectivity index (χ0) is 19.5. The molecule has 0 aliphatic rings. The lowest BCUT2D eigenvalue weighted by atomic mass is 10.1. The Kier molecular flexibility index (Phi) is 5.12. The fraction of sp³-hybridized carbons (Fsp3) is 0.150. The van der Waals surface area contributed by atoms with E-state index in [2.05, 4.69) is 31.1 Å². The summed E-state index contributed by atoms with van der Waals surface area (Å²) in [7, 11) is 3.15. The summed E-state index contributed by atoms with van der Waals surface area (Å²) in [5.41, 5.74) is 2.39. The third-order valence-electron chi connectivity index (χ3n) is 4.15. The molecule has 0 fully saturated rings. The van der Waals surface area contributed by atoms with Crippen LogP contribution in [0.5, 0.6) is 17.4 Å². The summed E-state index contributed by atoms with van der Waals surface area (Å²) >= 11 is 3.42. The number of hydrogen-bond acceptors (Lipinski definition) is 7. The lowest BCUT2D eigenvalue weighted by Crippen LogP contribution is -1.99. The molecule has 2 aromatic carbocycles. The molecular weight excluding hydrogens is 426 g/mol. The van der Waals surface area contributed by atoms with Crippen LogP contribution in [-0.2, 0) is 6.61 Å². The molecule has 8 heteroatoms. The average molecular weight is 442 g/mol. The van der Waals surface area contributed by atoms with Crippen molar-refractivity contribution in [2.45, 2.75) is 6.61 Å². The van der Waals surface area contributed by atoms with Crippen LogP contribution in [0, 0.1) is 0 Å². The van der Waals surface area contributed by atoms with Gasteiger partial charge in [-0.1, -0.05) is 33.2 Å². The van der Waals surface area contributed by atoms with E-state index in [1.807, 2.05) is 30.3 Å². The second kappa shape index (κ2) is 7.85. The Morgan fingerprint density at radius 1 is 0.964 bits per heavy atom. The zero-order valence-corrected chi connectivity index (χ0v) is 16.8. The molecule has 0 N–H and O–H groups in total. The van der Waals surface area contributed by atoms with Crippen molar-refractivity contribution in [3.05, 3.63) is 59.0 Å². The van der Waals surface area contributed by atoms with Crippen LogP contribution in [-0.4, -0.2) is 29.3 Å². The monoisotopic (exact) mass is 441 g/mol. The van der Waals surface area contributed by atoms with Gasteiger partial charge in [-0.3, -0.25) is 0 Å². The number of methoxy groups -OCH3 is 2. The van der Waals surface area contributed by atoms with Crippen LogP contribution in [0.4, 0.5) is 0 Å². The van der Waals surface area contributed by atoms with Gasteiger partial charge in [-0.25, -0.2) is 9.97 Å². The highest BCUT2D eigenvalue weighted by Crippen LogP contribution is 2.34. The number of aromatic nitrogens is 3. The number of benzene rings is 2. The molecule has 0 atom stereocenters. The Bertz CT molecular complexity index is 1110. The van der Waals surface area contributed by atoms with Gasteiger partial charge >= 0.3 is 0 Å². The minimum absolute atomic E-state index is 0.185. The molecule has 0 radical (unpaired) electrons. The zero-order valence-electron chi connectivity index (χ0n) is 15.2. The highest BCUT2D eigenvalue weighted by atomic mass is 79.9. The molecule has 2 aromatic heterocycles. The molecule has 0 amide bonds. The first-order valence-corrected chi connectivity index (χ1v) is 9.18. The Hall–Kier alpha value is -3.13. The van der Waals surface area contributed by atoms with Gasteiger partial charge in [-0.2, -0.15) is 0 Å². The van der Waals surface area contributed by atoms with E-state index in [9.17, 15) is 0 Å². The van der Waals surface area contributed by atoms with Crippen molar-refractivity contribution < 1.29 is 18.7 Å². The number of fused-ring (bicyclic) bond motifs is 1. The second-order valence-corrected chi connectivity index (χ2v) is 6.79. The van der Waals surface area contributed by atoms with Crippen molar-refractivity contribution in [2.75, 3.05) is 14.2 Å². The normalized spacial score (nSPS) is 10.8. The van der Waals surface area contributed by atoms with E-state index in [1.165, 1.54) is 6.33 Å². The number of rotatable bonds is 6. The topological polar surface area (TPSA) is 79.5 Å². The van der Waals surface area contributed by atoms with Gasteiger partial charge in [0.15, 0.2) is 23.9 Å². The molecule has 0 saturated carbocycles. The van der Waals surface area contributed by atoms with E-state index in [-0.39, 0.29) is 6.61 Å². The maximum atomic E-state index is 5.86. The van der Waals surface area contributed by atoms with Gasteiger partial charge in [0.2, 0.25) is 5.88 Å². The number of hydrogen-bond donors (Lipinski definition) is 0. The van der Waals surface area contributed by atoms with E-state index in [0.717, 1.165) is 15.7 Å². The summed E-state index contributed by atoms with van der Waals surface area (Å²) < 4.78 is 22.9. The summed E-state index contributed by atoms with van der Waals surface area (Å²) in [4.78, 5) is 8.50. The number of ether oxygens (including phenoxy) is 3. The van der Waals surface area contributed by atoms with Crippen LogP contribution in [0.3, 0.4) is 0 Å². The van der Waals surface area contributed by atoms with Gasteiger partial charge in [0.05, 0.1) is 25.1 Å². The molecular formula is C20H16BrN3O4. The largest absolute Gasteiger partial charge is 0.493 e. The van der Waals surface area contributed by atoms with Crippen LogP contribution in [0.25, 0.3) is 22.2 Å². The first kappa shape index (κ1) is 18.2. The van der Waals surface area contributed by atoms with Gasteiger partial charge in [0.1, 0.15) is 12.0 Å². The van der Waals surface area contributed by atoms with Crippen LogP contribution < -0.4 is 14.2 Å². The molecule has 2 heterocycles. The lowest BCUT2D eigenvalue weighted by Gasteiger charge is -2.10. The summed E-state index contributed by atoms with van der Waals surface area (Å²) in [5.74, 6) is 2.18. The van der Waals surface area contributed by atoms with Crippen molar-refractivity contribution in [3.63, 3.8) is 0 Å². The molecule has 0 bridgehead atoms. The van der Waals surface area contributed by atoms with E-state index >= 15 is 0 Å². The first-order valence-electron chi connectivity index (χ1n) is 8.39. The smallest absolute Gasteiger partial charge is 0.225 e. The lowest BCUT2D eigenvalue weighted by molar-refractivity contribution is 0.244. The van der Waals surface area contributed by atoms with Crippen molar-refractivity contribution in [3.8, 4) is 28.6 Å². The van der Waals surface area contributed by atoms with Crippen molar-refractivity contribution in [1.82, 2.24) is 15.1 Å². The third-order valence-corrected chi connectivity index (χ3v) is 4.68. The average Bonchev–Trinajstić information content (AvgIpc) is 3.20. The highest BCUT2D eigenvalue weighted by Gasteiger charge is 2.13. The van der Waals surface area contributed by atoms with Crippen molar-refractivity contribution >= 4 is 26.8 Å². The Morgan fingerprint density at radius 3 is 2.46 bits per heavy atom. The molecule has 7 nitrogen and oxygen atoms in total. The van der Waals surface area contributed by atoms with Gasteiger partial charge in [-0.15, -0.1) is 0 Å². The fourth-order valence-electron chi connectivity index (χ4n) is 2.75. The fourth-order valence-corrected chi connectivity index (χ4v) is 3.02. The SMILES string of the molecule is COc1cc2ncnc(OCc3cc(-c4ccc(Br)cc4)no3)c2cc1OC. The number of halogens is 1. The summed E-state index contributed by atoms with van der Waals surface area (Å²) in [6.07, 6.45) is 1.44. The highest BCUT2D eigenvalue weighted by molar-refractivity contribution is 9.10.